The second-order valence-corrected chi connectivity index (χ2v) is 9.69. The van der Waals surface area contributed by atoms with E-state index in [9.17, 15) is 19.2 Å². The molecule has 3 aromatic carbocycles. The van der Waals surface area contributed by atoms with Gasteiger partial charge in [-0.05, 0) is 34.7 Å². The van der Waals surface area contributed by atoms with Gasteiger partial charge in [-0.2, -0.15) is 4.90 Å². The third-order valence-electron chi connectivity index (χ3n) is 5.82. The van der Waals surface area contributed by atoms with Gasteiger partial charge in [-0.15, -0.1) is 5.06 Å². The highest BCUT2D eigenvalue weighted by molar-refractivity contribution is 6.24. The Bertz CT molecular complexity index is 1290. The summed E-state index contributed by atoms with van der Waals surface area (Å²) in [5.41, 5.74) is -1.47. The van der Waals surface area contributed by atoms with Crippen LogP contribution in [0.3, 0.4) is 0 Å². The second-order valence-electron chi connectivity index (χ2n) is 9.69. The normalized spacial score (nSPS) is 18.5. The molecule has 174 valence electrons. The monoisotopic (exact) mass is 458 g/mol. The Morgan fingerprint density at radius 1 is 0.882 bits per heavy atom. The van der Waals surface area contributed by atoms with E-state index in [0.29, 0.717) is 15.8 Å². The number of fused-ring (bicyclic) bond motifs is 1. The van der Waals surface area contributed by atoms with Gasteiger partial charge in [0.25, 0.3) is 11.8 Å². The summed E-state index contributed by atoms with van der Waals surface area (Å²) >= 11 is 0. The minimum atomic E-state index is -1.70. The van der Waals surface area contributed by atoms with E-state index >= 15 is 0 Å². The average molecular weight is 459 g/mol. The average Bonchev–Trinajstić information content (AvgIpc) is 2.98. The maximum Gasteiger partial charge on any atom is 0.368 e. The lowest BCUT2D eigenvalue weighted by molar-refractivity contribution is -0.195. The van der Waals surface area contributed by atoms with Gasteiger partial charge in [0.2, 0.25) is 0 Å². The molecule has 4 rings (SSSR count). The highest BCUT2D eigenvalue weighted by Gasteiger charge is 2.60. The largest absolute Gasteiger partial charge is 0.368 e. The molecule has 4 amide bonds. The van der Waals surface area contributed by atoms with E-state index < -0.39 is 34.8 Å². The first-order valence-corrected chi connectivity index (χ1v) is 11.0. The van der Waals surface area contributed by atoms with Gasteiger partial charge in [0, 0.05) is 5.56 Å². The van der Waals surface area contributed by atoms with E-state index in [1.807, 2.05) is 39.0 Å². The Kier molecular flexibility index (Phi) is 5.73. The van der Waals surface area contributed by atoms with Gasteiger partial charge in [-0.1, -0.05) is 87.5 Å². The number of amides is 4. The van der Waals surface area contributed by atoms with Gasteiger partial charge in [-0.3, -0.25) is 9.59 Å². The van der Waals surface area contributed by atoms with Gasteiger partial charge < -0.3 is 4.84 Å². The standard InChI is InChI=1S/C27H26N2O5/c1-26(2,3)17-22(30)34-29-25(33)28(24(32)27(29,4)19-13-6-5-7-14-19)23(31)21-16-10-12-18-11-8-9-15-20(18)21/h5-16H,17H2,1-4H3. The zero-order chi connectivity index (χ0) is 24.7. The lowest BCUT2D eigenvalue weighted by Gasteiger charge is -2.30. The molecule has 1 saturated heterocycles. The van der Waals surface area contributed by atoms with Crippen LogP contribution in [0.5, 0.6) is 0 Å². The van der Waals surface area contributed by atoms with Crippen LogP contribution in [0.4, 0.5) is 4.79 Å². The summed E-state index contributed by atoms with van der Waals surface area (Å²) in [5.74, 6) is -2.23. The molecule has 0 aliphatic carbocycles. The van der Waals surface area contributed by atoms with Crippen LogP contribution in [-0.4, -0.2) is 33.8 Å². The van der Waals surface area contributed by atoms with E-state index in [0.717, 1.165) is 10.4 Å². The van der Waals surface area contributed by atoms with Crippen molar-refractivity contribution in [1.82, 2.24) is 9.96 Å². The molecule has 7 heteroatoms. The smallest absolute Gasteiger partial charge is 0.335 e. The maximum atomic E-state index is 13.7. The topological polar surface area (TPSA) is 84.0 Å². The summed E-state index contributed by atoms with van der Waals surface area (Å²) in [7, 11) is 0. The second kappa shape index (κ2) is 8.41. The maximum absolute atomic E-state index is 13.7. The summed E-state index contributed by atoms with van der Waals surface area (Å²) in [6.45, 7) is 7.05. The van der Waals surface area contributed by atoms with Crippen molar-refractivity contribution in [2.75, 3.05) is 0 Å². The first-order valence-electron chi connectivity index (χ1n) is 11.0. The van der Waals surface area contributed by atoms with Crippen LogP contribution in [0.25, 0.3) is 10.8 Å². The first-order chi connectivity index (χ1) is 16.0. The Hall–Kier alpha value is -4.00. The number of carbonyl (C=O) groups excluding carboxylic acids is 4. The molecule has 3 aromatic rings. The molecule has 1 unspecified atom stereocenters. The number of rotatable bonds is 4. The molecule has 1 aliphatic heterocycles. The Morgan fingerprint density at radius 2 is 1.50 bits per heavy atom. The Morgan fingerprint density at radius 3 is 2.18 bits per heavy atom. The number of nitrogens with zero attached hydrogens (tertiary/aromatic N) is 2. The van der Waals surface area contributed by atoms with E-state index in [2.05, 4.69) is 0 Å². The fraction of sp³-hybridized carbons (Fsp3) is 0.259. The summed E-state index contributed by atoms with van der Waals surface area (Å²) in [6, 6.07) is 19.8. The van der Waals surface area contributed by atoms with Crippen LogP contribution in [0.2, 0.25) is 0 Å². The number of carbonyl (C=O) groups is 4. The highest BCUT2D eigenvalue weighted by atomic mass is 16.7. The van der Waals surface area contributed by atoms with Crippen molar-refractivity contribution in [2.24, 2.45) is 5.41 Å². The number of imide groups is 3. The van der Waals surface area contributed by atoms with Crippen molar-refractivity contribution in [2.45, 2.75) is 39.7 Å². The molecular formula is C27H26N2O5. The van der Waals surface area contributed by atoms with Gasteiger partial charge in [0.1, 0.15) is 0 Å². The first kappa shape index (κ1) is 23.2. The van der Waals surface area contributed by atoms with Gasteiger partial charge in [-0.25, -0.2) is 9.59 Å². The predicted octanol–water partition coefficient (Wildman–Crippen LogP) is 5.05. The molecule has 0 spiro atoms. The molecule has 1 heterocycles. The van der Waals surface area contributed by atoms with Crippen LogP contribution >= 0.6 is 0 Å². The van der Waals surface area contributed by atoms with Gasteiger partial charge >= 0.3 is 12.0 Å². The molecule has 1 aliphatic rings. The number of urea groups is 1. The summed E-state index contributed by atoms with van der Waals surface area (Å²) in [4.78, 5) is 59.5. The van der Waals surface area contributed by atoms with Crippen LogP contribution < -0.4 is 0 Å². The number of benzene rings is 3. The van der Waals surface area contributed by atoms with Crippen molar-refractivity contribution >= 4 is 34.6 Å². The Labute approximate surface area is 197 Å². The molecule has 0 radical (unpaired) electrons. The van der Waals surface area contributed by atoms with Crippen LogP contribution in [0, 0.1) is 5.41 Å². The van der Waals surface area contributed by atoms with Crippen molar-refractivity contribution in [3.63, 3.8) is 0 Å². The molecule has 1 atom stereocenters. The minimum Gasteiger partial charge on any atom is -0.335 e. The van der Waals surface area contributed by atoms with Gasteiger partial charge in [0.15, 0.2) is 5.54 Å². The van der Waals surface area contributed by atoms with Crippen LogP contribution in [0.1, 0.15) is 50.0 Å². The highest BCUT2D eigenvalue weighted by Crippen LogP contribution is 2.39. The SMILES string of the molecule is CC(C)(C)CC(=O)ON1C(=O)N(C(=O)c2cccc3ccccc23)C(=O)C1(C)c1ccccc1. The van der Waals surface area contributed by atoms with E-state index in [4.69, 9.17) is 4.84 Å². The lowest BCUT2D eigenvalue weighted by Crippen LogP contribution is -2.45. The summed E-state index contributed by atoms with van der Waals surface area (Å²) < 4.78 is 0. The van der Waals surface area contributed by atoms with Crippen molar-refractivity contribution in [3.05, 3.63) is 83.9 Å². The third-order valence-corrected chi connectivity index (χ3v) is 5.82. The lowest BCUT2D eigenvalue weighted by atomic mass is 9.91. The van der Waals surface area contributed by atoms with Crippen molar-refractivity contribution in [1.29, 1.82) is 0 Å². The number of hydroxylamine groups is 2. The zero-order valence-electron chi connectivity index (χ0n) is 19.6. The molecule has 1 fully saturated rings. The van der Waals surface area contributed by atoms with Gasteiger partial charge in [0.05, 0.1) is 6.42 Å². The molecule has 0 N–H and O–H groups in total. The molecule has 0 aromatic heterocycles. The van der Waals surface area contributed by atoms with Crippen molar-refractivity contribution < 1.29 is 24.0 Å². The molecule has 7 nitrogen and oxygen atoms in total. The fourth-order valence-electron chi connectivity index (χ4n) is 4.09. The number of hydrogen-bond acceptors (Lipinski definition) is 5. The van der Waals surface area contributed by atoms with Crippen LogP contribution in [-0.2, 0) is 20.0 Å². The fourth-order valence-corrected chi connectivity index (χ4v) is 4.09. The summed E-state index contributed by atoms with van der Waals surface area (Å²) in [5, 5.41) is 2.15. The summed E-state index contributed by atoms with van der Waals surface area (Å²) in [6.07, 6.45) is 0.0209. The quantitative estimate of drug-likeness (QED) is 0.403. The molecule has 0 saturated carbocycles. The van der Waals surface area contributed by atoms with Crippen molar-refractivity contribution in [3.8, 4) is 0 Å². The van der Waals surface area contributed by atoms with Crippen LogP contribution in [0.15, 0.2) is 72.8 Å². The Balaban J connectivity index is 1.79. The number of hydrogen-bond donors (Lipinski definition) is 0. The van der Waals surface area contributed by atoms with E-state index in [1.54, 1.807) is 54.6 Å². The molecule has 34 heavy (non-hydrogen) atoms. The zero-order valence-corrected chi connectivity index (χ0v) is 19.6. The van der Waals surface area contributed by atoms with E-state index in [1.165, 1.54) is 6.92 Å². The molecule has 0 bridgehead atoms. The van der Waals surface area contributed by atoms with E-state index in [-0.39, 0.29) is 12.0 Å². The minimum absolute atomic E-state index is 0.0209. The third kappa shape index (κ3) is 3.94. The molecular weight excluding hydrogens is 432 g/mol. The predicted molar refractivity (Wildman–Crippen MR) is 126 cm³/mol.